The lowest BCUT2D eigenvalue weighted by molar-refractivity contribution is 0.685. The number of fused-ring (bicyclic) bond motifs is 1. The lowest BCUT2D eigenvalue weighted by Crippen LogP contribution is -2.14. The Morgan fingerprint density at radius 2 is 1.95 bits per heavy atom. The minimum atomic E-state index is 0.787. The van der Waals surface area contributed by atoms with Crippen LogP contribution in [0.15, 0.2) is 36.7 Å². The largest absolute Gasteiger partial charge is 0.350 e. The van der Waals surface area contributed by atoms with E-state index in [1.165, 1.54) is 43.2 Å². The molecule has 0 aliphatic heterocycles. The van der Waals surface area contributed by atoms with Crippen LogP contribution in [0.5, 0.6) is 0 Å². The Morgan fingerprint density at radius 1 is 1.05 bits per heavy atom. The van der Waals surface area contributed by atoms with E-state index in [1.807, 2.05) is 0 Å². The van der Waals surface area contributed by atoms with E-state index in [-0.39, 0.29) is 0 Å². The van der Waals surface area contributed by atoms with Crippen LogP contribution < -0.4 is 5.32 Å². The van der Waals surface area contributed by atoms with Gasteiger partial charge in [-0.2, -0.15) is 0 Å². The van der Waals surface area contributed by atoms with Crippen molar-refractivity contribution in [3.05, 3.63) is 58.9 Å². The Kier molecular flexibility index (Phi) is 3.12. The van der Waals surface area contributed by atoms with E-state index in [0.29, 0.717) is 0 Å². The molecule has 1 heterocycles. The van der Waals surface area contributed by atoms with Gasteiger partial charge in [0, 0.05) is 31.5 Å². The molecule has 2 nitrogen and oxygen atoms in total. The molecule has 0 saturated heterocycles. The van der Waals surface area contributed by atoms with Gasteiger partial charge in [-0.05, 0) is 60.4 Å². The molecular weight excluding hydrogens is 244 g/mol. The third kappa shape index (κ3) is 2.66. The molecular formula is C18H22N2. The van der Waals surface area contributed by atoms with Crippen molar-refractivity contribution in [2.45, 2.75) is 51.2 Å². The lowest BCUT2D eigenvalue weighted by Gasteiger charge is -2.06. The molecule has 1 aromatic heterocycles. The highest BCUT2D eigenvalue weighted by molar-refractivity contribution is 5.35. The van der Waals surface area contributed by atoms with E-state index in [4.69, 9.17) is 0 Å². The Hall–Kier alpha value is -1.54. The van der Waals surface area contributed by atoms with Gasteiger partial charge in [0.25, 0.3) is 0 Å². The predicted octanol–water partition coefficient (Wildman–Crippen LogP) is 3.28. The summed E-state index contributed by atoms with van der Waals surface area (Å²) in [5.41, 5.74) is 5.97. The van der Waals surface area contributed by atoms with Crippen molar-refractivity contribution < 1.29 is 0 Å². The van der Waals surface area contributed by atoms with Gasteiger partial charge in [-0.15, -0.1) is 0 Å². The van der Waals surface area contributed by atoms with Gasteiger partial charge in [0.1, 0.15) is 0 Å². The minimum absolute atomic E-state index is 0.787. The van der Waals surface area contributed by atoms with Crippen LogP contribution in [0.3, 0.4) is 0 Å². The average molecular weight is 266 g/mol. The number of aromatic nitrogens is 1. The highest BCUT2D eigenvalue weighted by Crippen LogP contribution is 2.23. The Balaban J connectivity index is 1.42. The van der Waals surface area contributed by atoms with Crippen molar-refractivity contribution in [3.8, 4) is 0 Å². The van der Waals surface area contributed by atoms with Crippen molar-refractivity contribution in [2.75, 3.05) is 0 Å². The Bertz CT molecular complexity index is 608. The van der Waals surface area contributed by atoms with E-state index in [1.54, 1.807) is 11.1 Å². The van der Waals surface area contributed by atoms with Crippen LogP contribution in [0.2, 0.25) is 0 Å². The number of nitrogens with one attached hydrogen (secondary N) is 1. The summed E-state index contributed by atoms with van der Waals surface area (Å²) in [6.45, 7) is 2.01. The van der Waals surface area contributed by atoms with Crippen molar-refractivity contribution >= 4 is 0 Å². The first kappa shape index (κ1) is 12.2. The quantitative estimate of drug-likeness (QED) is 0.879. The van der Waals surface area contributed by atoms with Crippen LogP contribution in [-0.4, -0.2) is 10.6 Å². The van der Waals surface area contributed by atoms with E-state index in [0.717, 1.165) is 19.1 Å². The summed E-state index contributed by atoms with van der Waals surface area (Å²) in [7, 11) is 0. The van der Waals surface area contributed by atoms with Gasteiger partial charge in [-0.1, -0.05) is 18.2 Å². The van der Waals surface area contributed by atoms with Crippen LogP contribution in [0, 0.1) is 0 Å². The maximum atomic E-state index is 3.57. The maximum Gasteiger partial charge on any atom is 0.0470 e. The smallest absolute Gasteiger partial charge is 0.0470 e. The summed E-state index contributed by atoms with van der Waals surface area (Å²) in [5.74, 6) is 0. The first-order valence-corrected chi connectivity index (χ1v) is 7.85. The zero-order chi connectivity index (χ0) is 13.4. The minimum Gasteiger partial charge on any atom is -0.350 e. The topological polar surface area (TPSA) is 17.0 Å². The fourth-order valence-electron chi connectivity index (χ4n) is 3.18. The third-order valence-corrected chi connectivity index (χ3v) is 4.51. The number of hydrogen-bond donors (Lipinski definition) is 1. The second kappa shape index (κ2) is 5.10. The number of hydrogen-bond acceptors (Lipinski definition) is 1. The van der Waals surface area contributed by atoms with Gasteiger partial charge < -0.3 is 9.88 Å². The summed E-state index contributed by atoms with van der Waals surface area (Å²) in [6, 6.07) is 10.1. The van der Waals surface area contributed by atoms with Gasteiger partial charge in [-0.25, -0.2) is 0 Å². The van der Waals surface area contributed by atoms with Crippen LogP contribution in [-0.2, 0) is 25.9 Å². The molecule has 1 saturated carbocycles. The first-order valence-electron chi connectivity index (χ1n) is 7.85. The summed E-state index contributed by atoms with van der Waals surface area (Å²) in [4.78, 5) is 0. The molecule has 1 N–H and O–H groups in total. The van der Waals surface area contributed by atoms with Crippen molar-refractivity contribution in [1.29, 1.82) is 0 Å². The monoisotopic (exact) mass is 266 g/mol. The molecule has 104 valence electrons. The molecule has 0 radical (unpaired) electrons. The van der Waals surface area contributed by atoms with Crippen molar-refractivity contribution in [1.82, 2.24) is 9.88 Å². The van der Waals surface area contributed by atoms with Gasteiger partial charge in [0.15, 0.2) is 0 Å². The third-order valence-electron chi connectivity index (χ3n) is 4.51. The molecule has 2 aliphatic rings. The lowest BCUT2D eigenvalue weighted by atomic mass is 10.1. The van der Waals surface area contributed by atoms with Gasteiger partial charge in [-0.3, -0.25) is 0 Å². The average Bonchev–Trinajstić information content (AvgIpc) is 2.99. The second-order valence-corrected chi connectivity index (χ2v) is 6.30. The number of rotatable bonds is 5. The number of aryl methyl sites for hydroxylation is 2. The van der Waals surface area contributed by atoms with Crippen molar-refractivity contribution in [3.63, 3.8) is 0 Å². The molecule has 1 fully saturated rings. The van der Waals surface area contributed by atoms with Crippen LogP contribution in [0.4, 0.5) is 0 Å². The molecule has 1 aromatic carbocycles. The molecule has 2 aromatic rings. The second-order valence-electron chi connectivity index (χ2n) is 6.30. The summed E-state index contributed by atoms with van der Waals surface area (Å²) >= 11 is 0. The standard InChI is InChI=1S/C18H22N2/c1-2-16-5-4-14(10-17(16)3-1)12-20-9-8-15(13-20)11-19-18-6-7-18/h4-5,8-10,13,18-19H,1-3,6-7,11-12H2. The first-order chi connectivity index (χ1) is 9.87. The van der Waals surface area contributed by atoms with Crippen LogP contribution in [0.25, 0.3) is 0 Å². The normalized spacial score (nSPS) is 17.4. The molecule has 20 heavy (non-hydrogen) atoms. The number of benzene rings is 1. The molecule has 0 bridgehead atoms. The SMILES string of the molecule is c1cn(Cc2ccc3c(c2)CCC3)cc1CNC1CC1. The molecule has 2 heteroatoms. The van der Waals surface area contributed by atoms with E-state index in [9.17, 15) is 0 Å². The zero-order valence-corrected chi connectivity index (χ0v) is 11.9. The molecule has 4 rings (SSSR count). The maximum absolute atomic E-state index is 3.57. The highest BCUT2D eigenvalue weighted by Gasteiger charge is 2.20. The van der Waals surface area contributed by atoms with Gasteiger partial charge >= 0.3 is 0 Å². The highest BCUT2D eigenvalue weighted by atomic mass is 15.0. The molecule has 2 aliphatic carbocycles. The fourth-order valence-corrected chi connectivity index (χ4v) is 3.18. The summed E-state index contributed by atoms with van der Waals surface area (Å²) in [5, 5.41) is 3.57. The van der Waals surface area contributed by atoms with Crippen LogP contribution >= 0.6 is 0 Å². The predicted molar refractivity (Wildman–Crippen MR) is 81.9 cm³/mol. The van der Waals surface area contributed by atoms with E-state index >= 15 is 0 Å². The zero-order valence-electron chi connectivity index (χ0n) is 11.9. The van der Waals surface area contributed by atoms with Gasteiger partial charge in [0.2, 0.25) is 0 Å². The summed E-state index contributed by atoms with van der Waals surface area (Å²) < 4.78 is 2.31. The van der Waals surface area contributed by atoms with E-state index in [2.05, 4.69) is 46.5 Å². The fraction of sp³-hybridized carbons (Fsp3) is 0.444. The van der Waals surface area contributed by atoms with Gasteiger partial charge in [0.05, 0.1) is 0 Å². The molecule has 0 amide bonds. The Labute approximate surface area is 120 Å². The number of nitrogens with zero attached hydrogens (tertiary/aromatic N) is 1. The molecule has 0 unspecified atom stereocenters. The van der Waals surface area contributed by atoms with E-state index < -0.39 is 0 Å². The van der Waals surface area contributed by atoms with Crippen molar-refractivity contribution in [2.24, 2.45) is 0 Å². The molecule has 0 spiro atoms. The Morgan fingerprint density at radius 3 is 2.85 bits per heavy atom. The summed E-state index contributed by atoms with van der Waals surface area (Å²) in [6.07, 6.45) is 11.1. The van der Waals surface area contributed by atoms with Crippen LogP contribution in [0.1, 0.15) is 41.5 Å². The molecule has 0 atom stereocenters.